The van der Waals surface area contributed by atoms with Crippen LogP contribution < -0.4 is 0 Å². The second kappa shape index (κ2) is 2.74. The molecule has 1 aliphatic rings. The van der Waals surface area contributed by atoms with Crippen molar-refractivity contribution >= 4 is 11.8 Å². The molecule has 0 bridgehead atoms. The van der Waals surface area contributed by atoms with Crippen molar-refractivity contribution < 1.29 is 5.11 Å². The summed E-state index contributed by atoms with van der Waals surface area (Å²) in [5.41, 5.74) is 0. The Bertz CT molecular complexity index is 64.9. The van der Waals surface area contributed by atoms with Crippen LogP contribution >= 0.6 is 11.8 Å². The molecule has 1 aliphatic heterocycles. The van der Waals surface area contributed by atoms with E-state index in [0.717, 1.165) is 6.42 Å². The molecule has 2 heteroatoms. The Labute approximate surface area is 54.5 Å². The van der Waals surface area contributed by atoms with Crippen molar-refractivity contribution in [1.82, 2.24) is 0 Å². The van der Waals surface area contributed by atoms with Crippen LogP contribution in [0.2, 0.25) is 0 Å². The zero-order valence-electron chi connectivity index (χ0n) is 5.13. The van der Waals surface area contributed by atoms with Gasteiger partial charge >= 0.3 is 0 Å². The zero-order chi connectivity index (χ0) is 5.98. The maximum absolute atomic E-state index is 9.16. The van der Waals surface area contributed by atoms with Crippen molar-refractivity contribution in [1.29, 1.82) is 0 Å². The summed E-state index contributed by atoms with van der Waals surface area (Å²) in [5.74, 6) is 1.23. The molecule has 0 aromatic heterocycles. The molecule has 0 aromatic carbocycles. The van der Waals surface area contributed by atoms with Crippen molar-refractivity contribution in [2.75, 3.05) is 5.75 Å². The molecule has 0 radical (unpaired) electrons. The van der Waals surface area contributed by atoms with Crippen molar-refractivity contribution in [2.45, 2.75) is 31.1 Å². The fourth-order valence-electron chi connectivity index (χ4n) is 0.907. The van der Waals surface area contributed by atoms with Gasteiger partial charge in [0.2, 0.25) is 0 Å². The van der Waals surface area contributed by atoms with Crippen LogP contribution in [0.5, 0.6) is 0 Å². The second-order valence-electron chi connectivity index (χ2n) is 2.29. The Morgan fingerprint density at radius 1 is 1.62 bits per heavy atom. The fraction of sp³-hybridized carbons (Fsp3) is 1.00. The normalized spacial score (nSPS) is 39.8. The summed E-state index contributed by atoms with van der Waals surface area (Å²) in [6.07, 6.45) is 2.17. The van der Waals surface area contributed by atoms with Crippen LogP contribution in [0, 0.1) is 0 Å². The quantitative estimate of drug-likeness (QED) is 0.535. The van der Waals surface area contributed by atoms with E-state index >= 15 is 0 Å². The summed E-state index contributed by atoms with van der Waals surface area (Å²) in [5, 5.41) is 9.63. The molecule has 0 aromatic rings. The van der Waals surface area contributed by atoms with Gasteiger partial charge in [0.15, 0.2) is 0 Å². The van der Waals surface area contributed by atoms with Gasteiger partial charge in [-0.3, -0.25) is 0 Å². The molecule has 48 valence electrons. The Morgan fingerprint density at radius 2 is 2.38 bits per heavy atom. The highest BCUT2D eigenvalue weighted by atomic mass is 32.2. The largest absolute Gasteiger partial charge is 0.392 e. The third kappa shape index (κ3) is 1.39. The summed E-state index contributed by atoms with van der Waals surface area (Å²) < 4.78 is 0. The highest BCUT2D eigenvalue weighted by Gasteiger charge is 2.17. The van der Waals surface area contributed by atoms with Crippen LogP contribution in [0.4, 0.5) is 0 Å². The van der Waals surface area contributed by atoms with Crippen molar-refractivity contribution in [3.63, 3.8) is 0 Å². The summed E-state index contributed by atoms with van der Waals surface area (Å²) in [4.78, 5) is 0. The third-order valence-electron chi connectivity index (χ3n) is 1.57. The predicted octanol–water partition coefficient (Wildman–Crippen LogP) is 1.26. The molecule has 8 heavy (non-hydrogen) atoms. The first-order valence-corrected chi connectivity index (χ1v) is 4.15. The van der Waals surface area contributed by atoms with E-state index in [-0.39, 0.29) is 6.10 Å². The van der Waals surface area contributed by atoms with Gasteiger partial charge in [0.1, 0.15) is 0 Å². The lowest BCUT2D eigenvalue weighted by atomic mass is 10.1. The van der Waals surface area contributed by atoms with Gasteiger partial charge in [-0.2, -0.15) is 11.8 Å². The Hall–Kier alpha value is 0.310. The molecule has 0 spiro atoms. The molecular formula is C6H12OS. The minimum atomic E-state index is -0.0336. The number of hydrogen-bond donors (Lipinski definition) is 1. The van der Waals surface area contributed by atoms with E-state index in [4.69, 9.17) is 5.11 Å². The van der Waals surface area contributed by atoms with Crippen molar-refractivity contribution in [2.24, 2.45) is 0 Å². The van der Waals surface area contributed by atoms with Gasteiger partial charge < -0.3 is 5.11 Å². The second-order valence-corrected chi connectivity index (χ2v) is 3.77. The van der Waals surface area contributed by atoms with Gasteiger partial charge in [0.05, 0.1) is 6.10 Å². The van der Waals surface area contributed by atoms with Crippen molar-refractivity contribution in [3.8, 4) is 0 Å². The number of thioether (sulfide) groups is 1. The minimum absolute atomic E-state index is 0.0336. The SMILES string of the molecule is C[C@@H]1SCCC[C@H]1O. The van der Waals surface area contributed by atoms with E-state index in [0.29, 0.717) is 5.25 Å². The van der Waals surface area contributed by atoms with E-state index in [9.17, 15) is 0 Å². The van der Waals surface area contributed by atoms with Gasteiger partial charge in [0, 0.05) is 5.25 Å². The maximum atomic E-state index is 9.16. The zero-order valence-corrected chi connectivity index (χ0v) is 5.95. The molecule has 1 N–H and O–H groups in total. The van der Waals surface area contributed by atoms with E-state index < -0.39 is 0 Å². The number of rotatable bonds is 0. The Balaban J connectivity index is 2.28. The van der Waals surface area contributed by atoms with E-state index in [1.165, 1.54) is 12.2 Å². The third-order valence-corrected chi connectivity index (χ3v) is 2.93. The molecule has 1 heterocycles. The first-order chi connectivity index (χ1) is 3.80. The maximum Gasteiger partial charge on any atom is 0.0656 e. The van der Waals surface area contributed by atoms with Gasteiger partial charge in [-0.15, -0.1) is 0 Å². The smallest absolute Gasteiger partial charge is 0.0656 e. The van der Waals surface area contributed by atoms with Crippen LogP contribution in [0.3, 0.4) is 0 Å². The first-order valence-electron chi connectivity index (χ1n) is 3.10. The lowest BCUT2D eigenvalue weighted by molar-refractivity contribution is 0.161. The Kier molecular flexibility index (Phi) is 2.20. The van der Waals surface area contributed by atoms with E-state index in [1.807, 2.05) is 11.8 Å². The van der Waals surface area contributed by atoms with Gasteiger partial charge in [-0.25, -0.2) is 0 Å². The van der Waals surface area contributed by atoms with Crippen LogP contribution in [0.1, 0.15) is 19.8 Å². The topological polar surface area (TPSA) is 20.2 Å². The molecule has 1 nitrogen and oxygen atoms in total. The molecule has 1 saturated heterocycles. The fourth-order valence-corrected chi connectivity index (χ4v) is 1.97. The predicted molar refractivity (Wildman–Crippen MR) is 37.2 cm³/mol. The standard InChI is InChI=1S/C6H12OS/c1-5-6(7)3-2-4-8-5/h5-7H,2-4H2,1H3/t5-,6+/m0/s1. The molecule has 1 fully saturated rings. The molecule has 0 saturated carbocycles. The average Bonchev–Trinajstić information content (AvgIpc) is 1.77. The number of aliphatic hydroxyl groups is 1. The number of hydrogen-bond acceptors (Lipinski definition) is 2. The molecule has 0 amide bonds. The molecule has 1 rings (SSSR count). The lowest BCUT2D eigenvalue weighted by Gasteiger charge is -2.22. The van der Waals surface area contributed by atoms with Crippen LogP contribution in [-0.4, -0.2) is 22.2 Å². The molecular weight excluding hydrogens is 120 g/mol. The van der Waals surface area contributed by atoms with Crippen LogP contribution in [0.15, 0.2) is 0 Å². The lowest BCUT2D eigenvalue weighted by Crippen LogP contribution is -2.24. The summed E-state index contributed by atoms with van der Waals surface area (Å²) in [6.45, 7) is 2.09. The highest BCUT2D eigenvalue weighted by Crippen LogP contribution is 2.24. The summed E-state index contributed by atoms with van der Waals surface area (Å²) in [6, 6.07) is 0. The molecule has 0 unspecified atom stereocenters. The highest BCUT2D eigenvalue weighted by molar-refractivity contribution is 7.99. The van der Waals surface area contributed by atoms with Gasteiger partial charge in [0.25, 0.3) is 0 Å². The first kappa shape index (κ1) is 6.43. The minimum Gasteiger partial charge on any atom is -0.392 e. The van der Waals surface area contributed by atoms with E-state index in [2.05, 4.69) is 6.92 Å². The summed E-state index contributed by atoms with van der Waals surface area (Å²) in [7, 11) is 0. The van der Waals surface area contributed by atoms with Crippen molar-refractivity contribution in [3.05, 3.63) is 0 Å². The average molecular weight is 132 g/mol. The Morgan fingerprint density at radius 3 is 2.75 bits per heavy atom. The monoisotopic (exact) mass is 132 g/mol. The number of aliphatic hydroxyl groups excluding tert-OH is 1. The summed E-state index contributed by atoms with van der Waals surface area (Å²) >= 11 is 1.88. The van der Waals surface area contributed by atoms with Crippen LogP contribution in [0.25, 0.3) is 0 Å². The molecule has 2 atom stereocenters. The van der Waals surface area contributed by atoms with Gasteiger partial charge in [-0.05, 0) is 18.6 Å². The van der Waals surface area contributed by atoms with Crippen LogP contribution in [-0.2, 0) is 0 Å². The van der Waals surface area contributed by atoms with Gasteiger partial charge in [-0.1, -0.05) is 6.92 Å². The van der Waals surface area contributed by atoms with E-state index in [1.54, 1.807) is 0 Å². The molecule has 0 aliphatic carbocycles.